The minimum atomic E-state index is -4.42. The van der Waals surface area contributed by atoms with Crippen molar-refractivity contribution in [1.29, 1.82) is 0 Å². The van der Waals surface area contributed by atoms with Crippen molar-refractivity contribution in [3.63, 3.8) is 0 Å². The van der Waals surface area contributed by atoms with Gasteiger partial charge in [0.2, 0.25) is 0 Å². The predicted molar refractivity (Wildman–Crippen MR) is 126 cm³/mol. The molecule has 34 heavy (non-hydrogen) atoms. The van der Waals surface area contributed by atoms with Crippen molar-refractivity contribution >= 4 is 17.7 Å². The van der Waals surface area contributed by atoms with Gasteiger partial charge in [0, 0.05) is 17.1 Å². The number of hydrogen-bond acceptors (Lipinski definition) is 3. The number of halogens is 4. The molecule has 1 aliphatic heterocycles. The summed E-state index contributed by atoms with van der Waals surface area (Å²) < 4.78 is 43.9. The average molecular weight is 495 g/mol. The number of likely N-dealkylation sites (tertiary alicyclic amines) is 1. The molecule has 184 valence electrons. The van der Waals surface area contributed by atoms with Gasteiger partial charge < -0.3 is 10.1 Å². The Kier molecular flexibility index (Phi) is 8.04. The molecule has 0 bridgehead atoms. The third-order valence-corrected chi connectivity index (χ3v) is 7.21. The summed E-state index contributed by atoms with van der Waals surface area (Å²) in [5.74, 6) is 0.641. The highest BCUT2D eigenvalue weighted by atomic mass is 35.5. The van der Waals surface area contributed by atoms with Gasteiger partial charge in [0.05, 0.1) is 5.56 Å². The maximum Gasteiger partial charge on any atom is 0.416 e. The van der Waals surface area contributed by atoms with Gasteiger partial charge in [-0.1, -0.05) is 35.9 Å². The van der Waals surface area contributed by atoms with Gasteiger partial charge >= 0.3 is 12.3 Å². The number of alkyl halides is 3. The van der Waals surface area contributed by atoms with Crippen LogP contribution in [0.3, 0.4) is 0 Å². The van der Waals surface area contributed by atoms with Crippen molar-refractivity contribution in [2.75, 3.05) is 13.1 Å². The number of hydrogen-bond donors (Lipinski definition) is 1. The first-order chi connectivity index (χ1) is 16.3. The van der Waals surface area contributed by atoms with Gasteiger partial charge in [-0.3, -0.25) is 4.90 Å². The molecule has 2 atom stereocenters. The second-order valence-electron chi connectivity index (χ2n) is 9.33. The van der Waals surface area contributed by atoms with Gasteiger partial charge in [-0.2, -0.15) is 13.2 Å². The number of ether oxygens (including phenoxy) is 1. The molecule has 2 aromatic carbocycles. The van der Waals surface area contributed by atoms with E-state index >= 15 is 0 Å². The van der Waals surface area contributed by atoms with Gasteiger partial charge in [-0.15, -0.1) is 0 Å². The van der Waals surface area contributed by atoms with E-state index in [9.17, 15) is 18.0 Å². The highest BCUT2D eigenvalue weighted by Gasteiger charge is 2.35. The van der Waals surface area contributed by atoms with E-state index in [0.717, 1.165) is 68.8 Å². The van der Waals surface area contributed by atoms with E-state index in [-0.39, 0.29) is 18.7 Å². The first-order valence-corrected chi connectivity index (χ1v) is 12.2. The molecule has 1 saturated carbocycles. The number of carbonyl (C=O) groups excluding carboxylic acids is 1. The van der Waals surface area contributed by atoms with E-state index in [4.69, 9.17) is 16.3 Å². The van der Waals surface area contributed by atoms with Crippen LogP contribution in [0.4, 0.5) is 18.0 Å². The van der Waals surface area contributed by atoms with E-state index < -0.39 is 17.8 Å². The summed E-state index contributed by atoms with van der Waals surface area (Å²) in [6, 6.07) is 13.2. The second kappa shape index (κ2) is 11.0. The van der Waals surface area contributed by atoms with Gasteiger partial charge in [0.1, 0.15) is 6.61 Å². The highest BCUT2D eigenvalue weighted by Crippen LogP contribution is 2.31. The topological polar surface area (TPSA) is 41.6 Å². The van der Waals surface area contributed by atoms with E-state index in [0.29, 0.717) is 11.5 Å². The lowest BCUT2D eigenvalue weighted by Gasteiger charge is -2.38. The van der Waals surface area contributed by atoms with Crippen LogP contribution in [0.15, 0.2) is 48.5 Å². The molecular formula is C26H30ClF3N2O2. The molecule has 0 aromatic heterocycles. The summed E-state index contributed by atoms with van der Waals surface area (Å²) in [6.45, 7) is 1.81. The Balaban J connectivity index is 1.23. The molecule has 2 aromatic rings. The minimum Gasteiger partial charge on any atom is -0.445 e. The Morgan fingerprint density at radius 2 is 1.76 bits per heavy atom. The fourth-order valence-electron chi connectivity index (χ4n) is 5.17. The van der Waals surface area contributed by atoms with Gasteiger partial charge in [0.25, 0.3) is 0 Å². The fraction of sp³-hybridized carbons (Fsp3) is 0.500. The number of piperidine rings is 1. The van der Waals surface area contributed by atoms with Crippen LogP contribution in [0.2, 0.25) is 5.02 Å². The number of amides is 1. The Hall–Kier alpha value is -2.25. The Morgan fingerprint density at radius 3 is 2.47 bits per heavy atom. The molecule has 2 unspecified atom stereocenters. The van der Waals surface area contributed by atoms with Crippen LogP contribution < -0.4 is 5.32 Å². The number of nitrogens with zero attached hydrogens (tertiary/aromatic N) is 1. The molecule has 1 N–H and O–H groups in total. The highest BCUT2D eigenvalue weighted by molar-refractivity contribution is 6.30. The maximum absolute atomic E-state index is 12.9. The zero-order chi connectivity index (χ0) is 24.1. The summed E-state index contributed by atoms with van der Waals surface area (Å²) in [6.07, 6.45) is 1.24. The number of carbonyl (C=O) groups is 1. The van der Waals surface area contributed by atoms with Crippen molar-refractivity contribution in [2.24, 2.45) is 5.92 Å². The first kappa shape index (κ1) is 24.9. The second-order valence-corrected chi connectivity index (χ2v) is 9.77. The number of alkyl carbamates (subject to hydrolysis) is 1. The zero-order valence-corrected chi connectivity index (χ0v) is 19.7. The summed E-state index contributed by atoms with van der Waals surface area (Å²) in [4.78, 5) is 14.9. The maximum atomic E-state index is 12.9. The molecule has 4 nitrogen and oxygen atoms in total. The Bertz CT molecular complexity index is 959. The molecule has 2 fully saturated rings. The Morgan fingerprint density at radius 1 is 1.03 bits per heavy atom. The lowest BCUT2D eigenvalue weighted by Crippen LogP contribution is -2.51. The first-order valence-electron chi connectivity index (χ1n) is 11.9. The molecule has 1 amide bonds. The molecule has 8 heteroatoms. The van der Waals surface area contributed by atoms with Crippen LogP contribution in [0.25, 0.3) is 0 Å². The summed E-state index contributed by atoms with van der Waals surface area (Å²) in [5, 5.41) is 3.72. The zero-order valence-electron chi connectivity index (χ0n) is 19.0. The monoisotopic (exact) mass is 494 g/mol. The molecule has 2 aliphatic rings. The van der Waals surface area contributed by atoms with Crippen LogP contribution in [0.1, 0.15) is 48.8 Å². The molecule has 1 heterocycles. The largest absolute Gasteiger partial charge is 0.445 e. The summed E-state index contributed by atoms with van der Waals surface area (Å²) in [7, 11) is 0. The molecule has 4 rings (SSSR count). The van der Waals surface area contributed by atoms with Crippen molar-refractivity contribution in [3.8, 4) is 0 Å². The smallest absolute Gasteiger partial charge is 0.416 e. The van der Waals surface area contributed by atoms with E-state index in [1.165, 1.54) is 17.7 Å². The summed E-state index contributed by atoms with van der Waals surface area (Å²) >= 11 is 5.98. The number of benzene rings is 2. The van der Waals surface area contributed by atoms with E-state index in [1.807, 2.05) is 12.1 Å². The number of rotatable bonds is 6. The Labute approximate surface area is 203 Å². The van der Waals surface area contributed by atoms with Gasteiger partial charge in [0.15, 0.2) is 0 Å². The SMILES string of the molecule is O=C(NC1CCCC1N1CCC(Cc2ccc(Cl)cc2)CC1)OCc1cccc(C(F)(F)F)c1. The minimum absolute atomic E-state index is 0.00169. The molecule has 1 saturated heterocycles. The quantitative estimate of drug-likeness (QED) is 0.501. The molecule has 1 aliphatic carbocycles. The van der Waals surface area contributed by atoms with E-state index in [1.54, 1.807) is 0 Å². The third-order valence-electron chi connectivity index (χ3n) is 6.96. The molecule has 0 spiro atoms. The van der Waals surface area contributed by atoms with Crippen LogP contribution in [0.5, 0.6) is 0 Å². The third kappa shape index (κ3) is 6.66. The lowest BCUT2D eigenvalue weighted by molar-refractivity contribution is -0.137. The van der Waals surface area contributed by atoms with Crippen molar-refractivity contribution in [2.45, 2.75) is 63.4 Å². The molecule has 0 radical (unpaired) electrons. The summed E-state index contributed by atoms with van der Waals surface area (Å²) in [5.41, 5.74) is 0.881. The normalized spacial score (nSPS) is 22.0. The average Bonchev–Trinajstić information content (AvgIpc) is 3.27. The van der Waals surface area contributed by atoms with Crippen LogP contribution in [-0.4, -0.2) is 36.2 Å². The fourth-order valence-corrected chi connectivity index (χ4v) is 5.29. The van der Waals surface area contributed by atoms with Crippen molar-refractivity contribution in [3.05, 3.63) is 70.2 Å². The van der Waals surface area contributed by atoms with Crippen molar-refractivity contribution < 1.29 is 22.7 Å². The van der Waals surface area contributed by atoms with Crippen LogP contribution >= 0.6 is 11.6 Å². The van der Waals surface area contributed by atoms with Gasteiger partial charge in [-0.05, 0) is 92.9 Å². The molecular weight excluding hydrogens is 465 g/mol. The standard InChI is InChI=1S/C26H30ClF3N2O2/c27-22-9-7-18(8-10-22)15-19-11-13-32(14-12-19)24-6-2-5-23(24)31-25(33)34-17-20-3-1-4-21(16-20)26(28,29)30/h1,3-4,7-10,16,19,23-24H,2,5-6,11-15,17H2,(H,31,33). The number of nitrogens with one attached hydrogen (secondary N) is 1. The predicted octanol–water partition coefficient (Wildman–Crippen LogP) is 6.46. The van der Waals surface area contributed by atoms with E-state index in [2.05, 4.69) is 22.3 Å². The van der Waals surface area contributed by atoms with Crippen molar-refractivity contribution in [1.82, 2.24) is 10.2 Å². The van der Waals surface area contributed by atoms with Crippen LogP contribution in [-0.2, 0) is 23.9 Å². The van der Waals surface area contributed by atoms with Gasteiger partial charge in [-0.25, -0.2) is 4.79 Å². The van der Waals surface area contributed by atoms with Crippen LogP contribution in [0, 0.1) is 5.92 Å². The lowest BCUT2D eigenvalue weighted by atomic mass is 9.89.